The monoisotopic (exact) mass is 372 g/mol. The van der Waals surface area contributed by atoms with Crippen molar-refractivity contribution >= 4 is 44.6 Å². The summed E-state index contributed by atoms with van der Waals surface area (Å²) in [5.74, 6) is 0.803. The molecule has 7 heteroatoms. The van der Waals surface area contributed by atoms with Crippen LogP contribution in [0, 0.1) is 13.8 Å². The van der Waals surface area contributed by atoms with Gasteiger partial charge in [-0.2, -0.15) is 0 Å². The van der Waals surface area contributed by atoms with Gasteiger partial charge in [-0.25, -0.2) is 4.98 Å². The summed E-state index contributed by atoms with van der Waals surface area (Å²) in [6.45, 7) is 5.59. The third-order valence-corrected chi connectivity index (χ3v) is 5.35. The van der Waals surface area contributed by atoms with Gasteiger partial charge in [0.2, 0.25) is 0 Å². The van der Waals surface area contributed by atoms with Crippen LogP contribution in [0.25, 0.3) is 0 Å². The Labute approximate surface area is 135 Å². The SMILES string of the molecule is CN=C(NCc1csc(Br)c1)NCc1sc(C)nc1C. The van der Waals surface area contributed by atoms with Crippen molar-refractivity contribution in [2.24, 2.45) is 4.99 Å². The molecule has 0 fully saturated rings. The number of hydrogen-bond acceptors (Lipinski definition) is 4. The summed E-state index contributed by atoms with van der Waals surface area (Å²) in [5, 5.41) is 9.85. The Morgan fingerprint density at radius 1 is 1.35 bits per heavy atom. The van der Waals surface area contributed by atoms with Crippen LogP contribution in [-0.4, -0.2) is 18.0 Å². The van der Waals surface area contributed by atoms with E-state index in [1.165, 1.54) is 10.4 Å². The first-order chi connectivity index (χ1) is 9.58. The molecule has 0 aromatic carbocycles. The Morgan fingerprint density at radius 2 is 2.10 bits per heavy atom. The van der Waals surface area contributed by atoms with Crippen molar-refractivity contribution in [1.29, 1.82) is 0 Å². The zero-order valence-electron chi connectivity index (χ0n) is 11.7. The number of aromatic nitrogens is 1. The standard InChI is InChI=1S/C13H17BrN4S2/c1-8-11(20-9(2)18-8)6-17-13(15-3)16-5-10-4-12(14)19-7-10/h4,7H,5-6H2,1-3H3,(H2,15,16,17). The lowest BCUT2D eigenvalue weighted by molar-refractivity contribution is 0.813. The van der Waals surface area contributed by atoms with E-state index in [9.17, 15) is 0 Å². The van der Waals surface area contributed by atoms with Crippen LogP contribution >= 0.6 is 38.6 Å². The van der Waals surface area contributed by atoms with Crippen LogP contribution in [0.4, 0.5) is 0 Å². The summed E-state index contributed by atoms with van der Waals surface area (Å²) < 4.78 is 1.15. The molecule has 2 rings (SSSR count). The fourth-order valence-corrected chi connectivity index (χ4v) is 3.83. The number of aliphatic imine (C=N–C) groups is 1. The van der Waals surface area contributed by atoms with Crippen LogP contribution in [0.5, 0.6) is 0 Å². The average Bonchev–Trinajstić information content (AvgIpc) is 2.96. The summed E-state index contributed by atoms with van der Waals surface area (Å²) in [6.07, 6.45) is 0. The number of thiazole rings is 1. The van der Waals surface area contributed by atoms with Gasteiger partial charge >= 0.3 is 0 Å². The number of nitrogens with one attached hydrogen (secondary N) is 2. The molecule has 0 unspecified atom stereocenters. The maximum atomic E-state index is 4.43. The minimum Gasteiger partial charge on any atom is -0.352 e. The van der Waals surface area contributed by atoms with E-state index in [0.29, 0.717) is 0 Å². The summed E-state index contributed by atoms with van der Waals surface area (Å²) >= 11 is 6.88. The van der Waals surface area contributed by atoms with Gasteiger partial charge in [-0.3, -0.25) is 4.99 Å². The fraction of sp³-hybridized carbons (Fsp3) is 0.385. The van der Waals surface area contributed by atoms with Crippen molar-refractivity contribution in [1.82, 2.24) is 15.6 Å². The van der Waals surface area contributed by atoms with E-state index in [0.717, 1.165) is 33.5 Å². The molecule has 0 saturated carbocycles. The predicted octanol–water partition coefficient (Wildman–Crippen LogP) is 3.45. The maximum Gasteiger partial charge on any atom is 0.191 e. The number of hydrogen-bond donors (Lipinski definition) is 2. The highest BCUT2D eigenvalue weighted by Gasteiger charge is 2.06. The lowest BCUT2D eigenvalue weighted by Crippen LogP contribution is -2.36. The van der Waals surface area contributed by atoms with Gasteiger partial charge in [-0.15, -0.1) is 22.7 Å². The van der Waals surface area contributed by atoms with Crippen molar-refractivity contribution in [3.63, 3.8) is 0 Å². The Balaban J connectivity index is 1.85. The molecule has 2 heterocycles. The molecule has 0 bridgehead atoms. The largest absolute Gasteiger partial charge is 0.352 e. The number of guanidine groups is 1. The lowest BCUT2D eigenvalue weighted by Gasteiger charge is -2.10. The van der Waals surface area contributed by atoms with Crippen molar-refractivity contribution in [2.75, 3.05) is 7.05 Å². The third-order valence-electron chi connectivity index (χ3n) is 2.72. The first-order valence-electron chi connectivity index (χ1n) is 6.19. The number of aryl methyl sites for hydroxylation is 2. The zero-order valence-corrected chi connectivity index (χ0v) is 14.9. The minimum atomic E-state index is 0.754. The highest BCUT2D eigenvalue weighted by molar-refractivity contribution is 9.11. The predicted molar refractivity (Wildman–Crippen MR) is 90.6 cm³/mol. The number of rotatable bonds is 4. The van der Waals surface area contributed by atoms with Gasteiger partial charge < -0.3 is 10.6 Å². The summed E-state index contributed by atoms with van der Waals surface area (Å²) in [6, 6.07) is 2.11. The molecule has 0 aliphatic heterocycles. The van der Waals surface area contributed by atoms with Crippen molar-refractivity contribution in [3.05, 3.63) is 36.4 Å². The van der Waals surface area contributed by atoms with Gasteiger partial charge in [0.05, 0.1) is 21.0 Å². The molecule has 0 aliphatic carbocycles. The van der Waals surface area contributed by atoms with Gasteiger partial charge in [0.25, 0.3) is 0 Å². The molecule has 108 valence electrons. The fourth-order valence-electron chi connectivity index (χ4n) is 1.75. The molecular weight excluding hydrogens is 356 g/mol. The van der Waals surface area contributed by atoms with Crippen molar-refractivity contribution in [2.45, 2.75) is 26.9 Å². The highest BCUT2D eigenvalue weighted by Crippen LogP contribution is 2.20. The molecule has 2 aromatic heterocycles. The quantitative estimate of drug-likeness (QED) is 0.638. The molecule has 2 N–H and O–H groups in total. The molecule has 2 aromatic rings. The van der Waals surface area contributed by atoms with E-state index in [-0.39, 0.29) is 0 Å². The van der Waals surface area contributed by atoms with Crippen LogP contribution < -0.4 is 10.6 Å². The first-order valence-corrected chi connectivity index (χ1v) is 8.67. The molecule has 0 saturated heterocycles. The second kappa shape index (κ2) is 7.19. The second-order valence-electron chi connectivity index (χ2n) is 4.28. The maximum absolute atomic E-state index is 4.43. The van der Waals surface area contributed by atoms with Gasteiger partial charge in [0, 0.05) is 18.5 Å². The Bertz CT molecular complexity index is 603. The molecule has 0 radical (unpaired) electrons. The van der Waals surface area contributed by atoms with Gasteiger partial charge in [0.15, 0.2) is 5.96 Å². The number of nitrogens with zero attached hydrogens (tertiary/aromatic N) is 2. The molecule has 20 heavy (non-hydrogen) atoms. The van der Waals surface area contributed by atoms with E-state index < -0.39 is 0 Å². The van der Waals surface area contributed by atoms with Crippen LogP contribution in [-0.2, 0) is 13.1 Å². The lowest BCUT2D eigenvalue weighted by atomic mass is 10.3. The second-order valence-corrected chi connectivity index (χ2v) is 7.86. The highest BCUT2D eigenvalue weighted by atomic mass is 79.9. The smallest absolute Gasteiger partial charge is 0.191 e. The number of thiophene rings is 1. The normalized spacial score (nSPS) is 11.7. The van der Waals surface area contributed by atoms with Gasteiger partial charge in [-0.05, 0) is 46.8 Å². The molecule has 4 nitrogen and oxygen atoms in total. The molecule has 0 amide bonds. The minimum absolute atomic E-state index is 0.754. The molecule has 0 atom stereocenters. The van der Waals surface area contributed by atoms with E-state index >= 15 is 0 Å². The Morgan fingerprint density at radius 3 is 2.65 bits per heavy atom. The molecule has 0 spiro atoms. The molecular formula is C13H17BrN4S2. The average molecular weight is 373 g/mol. The van der Waals surface area contributed by atoms with E-state index in [2.05, 4.69) is 48.0 Å². The van der Waals surface area contributed by atoms with Gasteiger partial charge in [0.1, 0.15) is 0 Å². The summed E-state index contributed by atoms with van der Waals surface area (Å²) in [7, 11) is 1.78. The van der Waals surface area contributed by atoms with E-state index in [4.69, 9.17) is 0 Å². The van der Waals surface area contributed by atoms with Crippen molar-refractivity contribution in [3.8, 4) is 0 Å². The first kappa shape index (κ1) is 15.5. The van der Waals surface area contributed by atoms with E-state index in [1.807, 2.05) is 13.8 Å². The van der Waals surface area contributed by atoms with Crippen LogP contribution in [0.15, 0.2) is 20.2 Å². The van der Waals surface area contributed by atoms with Crippen LogP contribution in [0.3, 0.4) is 0 Å². The van der Waals surface area contributed by atoms with Crippen LogP contribution in [0.2, 0.25) is 0 Å². The Hall–Kier alpha value is -0.920. The summed E-state index contributed by atoms with van der Waals surface area (Å²) in [5.41, 5.74) is 2.34. The third kappa shape index (κ3) is 4.29. The van der Waals surface area contributed by atoms with E-state index in [1.54, 1.807) is 29.7 Å². The zero-order chi connectivity index (χ0) is 14.5. The number of halogens is 1. The van der Waals surface area contributed by atoms with Crippen molar-refractivity contribution < 1.29 is 0 Å². The topological polar surface area (TPSA) is 49.3 Å². The summed E-state index contributed by atoms with van der Waals surface area (Å²) in [4.78, 5) is 9.91. The molecule has 0 aliphatic rings. The Kier molecular flexibility index (Phi) is 5.56. The van der Waals surface area contributed by atoms with Gasteiger partial charge in [-0.1, -0.05) is 0 Å². The van der Waals surface area contributed by atoms with Crippen LogP contribution in [0.1, 0.15) is 21.1 Å².